The zero-order valence-electron chi connectivity index (χ0n) is 8.32. The molecule has 2 atom stereocenters. The van der Waals surface area contributed by atoms with Crippen molar-refractivity contribution in [3.8, 4) is 0 Å². The van der Waals surface area contributed by atoms with E-state index < -0.39 is 0 Å². The molecule has 0 spiro atoms. The van der Waals surface area contributed by atoms with Gasteiger partial charge < -0.3 is 15.4 Å². The lowest BCUT2D eigenvalue weighted by molar-refractivity contribution is -0.127. The highest BCUT2D eigenvalue weighted by molar-refractivity contribution is 5.83. The Morgan fingerprint density at radius 1 is 1.71 bits per heavy atom. The van der Waals surface area contributed by atoms with E-state index in [9.17, 15) is 9.59 Å². The lowest BCUT2D eigenvalue weighted by atomic mass is 10.0. The summed E-state index contributed by atoms with van der Waals surface area (Å²) >= 11 is 0. The number of carbonyl (C=O) groups is 2. The second-order valence-corrected chi connectivity index (χ2v) is 3.41. The molecule has 0 saturated carbocycles. The maximum Gasteiger partial charge on any atom is 0.222 e. The first-order valence-corrected chi connectivity index (χ1v) is 4.85. The van der Waals surface area contributed by atoms with Crippen molar-refractivity contribution in [2.24, 2.45) is 0 Å². The Bertz CT molecular complexity index is 230. The zero-order valence-corrected chi connectivity index (χ0v) is 8.32. The molecular weight excluding hydrogens is 180 g/mol. The average molecular weight is 196 g/mol. The van der Waals surface area contributed by atoms with Crippen molar-refractivity contribution in [2.45, 2.75) is 31.3 Å². The molecule has 0 aromatic rings. The molecule has 1 amide bonds. The normalized spacial score (nSPS) is 22.9. The molecule has 1 heterocycles. The summed E-state index contributed by atoms with van der Waals surface area (Å²) in [5.41, 5.74) is 0. The highest BCUT2D eigenvalue weighted by atomic mass is 16.2. The molecule has 0 bridgehead atoms. The van der Waals surface area contributed by atoms with Crippen molar-refractivity contribution in [3.05, 3.63) is 12.2 Å². The van der Waals surface area contributed by atoms with E-state index >= 15 is 0 Å². The van der Waals surface area contributed by atoms with E-state index in [-0.39, 0.29) is 18.0 Å². The molecule has 4 nitrogen and oxygen atoms in total. The monoisotopic (exact) mass is 196 g/mol. The van der Waals surface area contributed by atoms with E-state index in [0.717, 1.165) is 19.1 Å². The SMILES string of the molecule is CN[C@H](C=O)CC/C=C/[C@@H]1CC(=O)N1. The van der Waals surface area contributed by atoms with Gasteiger partial charge in [0.25, 0.3) is 0 Å². The van der Waals surface area contributed by atoms with Gasteiger partial charge in [-0.1, -0.05) is 12.2 Å². The number of rotatable bonds is 6. The number of β-lactam (4-membered cyclic amide) rings is 1. The Morgan fingerprint density at radius 3 is 2.93 bits per heavy atom. The van der Waals surface area contributed by atoms with Crippen molar-refractivity contribution in [2.75, 3.05) is 7.05 Å². The minimum absolute atomic E-state index is 0.0596. The van der Waals surface area contributed by atoms with Crippen LogP contribution in [0, 0.1) is 0 Å². The van der Waals surface area contributed by atoms with Crippen molar-refractivity contribution in [3.63, 3.8) is 0 Å². The third-order valence-corrected chi connectivity index (χ3v) is 2.30. The number of allylic oxidation sites excluding steroid dienone is 1. The van der Waals surface area contributed by atoms with Crippen LogP contribution in [0.3, 0.4) is 0 Å². The second kappa shape index (κ2) is 5.54. The summed E-state index contributed by atoms with van der Waals surface area (Å²) < 4.78 is 0. The molecule has 14 heavy (non-hydrogen) atoms. The van der Waals surface area contributed by atoms with Crippen LogP contribution in [0.15, 0.2) is 12.2 Å². The molecule has 1 fully saturated rings. The molecule has 1 rings (SSSR count). The molecule has 4 heteroatoms. The van der Waals surface area contributed by atoms with Crippen LogP contribution in [-0.4, -0.2) is 31.3 Å². The molecule has 1 saturated heterocycles. The minimum Gasteiger partial charge on any atom is -0.349 e. The molecule has 2 N–H and O–H groups in total. The smallest absolute Gasteiger partial charge is 0.222 e. The molecule has 0 aromatic heterocycles. The summed E-state index contributed by atoms with van der Waals surface area (Å²) in [4.78, 5) is 21.0. The quantitative estimate of drug-likeness (QED) is 0.357. The van der Waals surface area contributed by atoms with E-state index in [1.165, 1.54) is 0 Å². The number of likely N-dealkylation sites (N-methyl/N-ethyl adjacent to an activating group) is 1. The largest absolute Gasteiger partial charge is 0.349 e. The van der Waals surface area contributed by atoms with E-state index in [2.05, 4.69) is 10.6 Å². The number of carbonyl (C=O) groups excluding carboxylic acids is 2. The van der Waals surface area contributed by atoms with Crippen LogP contribution < -0.4 is 10.6 Å². The maximum atomic E-state index is 10.5. The van der Waals surface area contributed by atoms with E-state index in [0.29, 0.717) is 6.42 Å². The summed E-state index contributed by atoms with van der Waals surface area (Å²) in [5.74, 6) is 0.112. The van der Waals surface area contributed by atoms with E-state index in [4.69, 9.17) is 0 Å². The van der Waals surface area contributed by atoms with Crippen LogP contribution in [0.25, 0.3) is 0 Å². The van der Waals surface area contributed by atoms with Gasteiger partial charge in [-0.05, 0) is 19.9 Å². The van der Waals surface area contributed by atoms with Crippen molar-refractivity contribution < 1.29 is 9.59 Å². The van der Waals surface area contributed by atoms with Gasteiger partial charge >= 0.3 is 0 Å². The lowest BCUT2D eigenvalue weighted by Gasteiger charge is -2.23. The van der Waals surface area contributed by atoms with Gasteiger partial charge in [0.2, 0.25) is 5.91 Å². The van der Waals surface area contributed by atoms with E-state index in [1.54, 1.807) is 7.05 Å². The predicted molar refractivity (Wildman–Crippen MR) is 53.8 cm³/mol. The fourth-order valence-corrected chi connectivity index (χ4v) is 1.32. The maximum absolute atomic E-state index is 10.5. The zero-order chi connectivity index (χ0) is 10.4. The van der Waals surface area contributed by atoms with Crippen LogP contribution in [0.2, 0.25) is 0 Å². The second-order valence-electron chi connectivity index (χ2n) is 3.41. The van der Waals surface area contributed by atoms with Gasteiger partial charge in [-0.3, -0.25) is 4.79 Å². The molecule has 0 aromatic carbocycles. The Kier molecular flexibility index (Phi) is 4.32. The topological polar surface area (TPSA) is 58.2 Å². The number of nitrogens with one attached hydrogen (secondary N) is 2. The molecule has 78 valence electrons. The van der Waals surface area contributed by atoms with Gasteiger partial charge in [-0.2, -0.15) is 0 Å². The molecule has 1 aliphatic rings. The minimum atomic E-state index is -0.0596. The Hall–Kier alpha value is -1.16. The van der Waals surface area contributed by atoms with Gasteiger partial charge in [-0.25, -0.2) is 0 Å². The summed E-state index contributed by atoms with van der Waals surface area (Å²) in [6.45, 7) is 0. The Balaban J connectivity index is 2.08. The van der Waals surface area contributed by atoms with E-state index in [1.807, 2.05) is 12.2 Å². The average Bonchev–Trinajstić information content (AvgIpc) is 2.15. The third-order valence-electron chi connectivity index (χ3n) is 2.30. The first kappa shape index (κ1) is 10.9. The van der Waals surface area contributed by atoms with Gasteiger partial charge in [0.15, 0.2) is 0 Å². The van der Waals surface area contributed by atoms with Crippen LogP contribution in [0.4, 0.5) is 0 Å². The molecule has 0 aliphatic carbocycles. The summed E-state index contributed by atoms with van der Waals surface area (Å²) in [6.07, 6.45) is 7.17. The van der Waals surface area contributed by atoms with Crippen LogP contribution >= 0.6 is 0 Å². The van der Waals surface area contributed by atoms with Crippen molar-refractivity contribution >= 4 is 12.2 Å². The van der Waals surface area contributed by atoms with Crippen molar-refractivity contribution in [1.82, 2.24) is 10.6 Å². The Morgan fingerprint density at radius 2 is 2.43 bits per heavy atom. The first-order valence-electron chi connectivity index (χ1n) is 4.85. The first-order chi connectivity index (χ1) is 6.76. The highest BCUT2D eigenvalue weighted by Gasteiger charge is 2.21. The van der Waals surface area contributed by atoms with Gasteiger partial charge in [0.05, 0.1) is 18.5 Å². The van der Waals surface area contributed by atoms with Gasteiger partial charge in [0.1, 0.15) is 6.29 Å². The fraction of sp³-hybridized carbons (Fsp3) is 0.600. The summed E-state index contributed by atoms with van der Waals surface area (Å²) in [6, 6.07) is 0.155. The van der Waals surface area contributed by atoms with Crippen molar-refractivity contribution in [1.29, 1.82) is 0 Å². The Labute approximate surface area is 83.8 Å². The van der Waals surface area contributed by atoms with Crippen LogP contribution in [-0.2, 0) is 9.59 Å². The number of hydrogen-bond acceptors (Lipinski definition) is 3. The summed E-state index contributed by atoms with van der Waals surface area (Å²) in [7, 11) is 1.77. The molecule has 1 aliphatic heterocycles. The van der Waals surface area contributed by atoms with Crippen LogP contribution in [0.1, 0.15) is 19.3 Å². The van der Waals surface area contributed by atoms with Gasteiger partial charge in [0, 0.05) is 0 Å². The predicted octanol–water partition coefficient (Wildman–Crippen LogP) is -0.00180. The molecule has 0 radical (unpaired) electrons. The lowest BCUT2D eigenvalue weighted by Crippen LogP contribution is -2.47. The number of hydrogen-bond donors (Lipinski definition) is 2. The van der Waals surface area contributed by atoms with Gasteiger partial charge in [-0.15, -0.1) is 0 Å². The standard InChI is InChI=1S/C10H16N2O2/c1-11-9(7-13)5-3-2-4-8-6-10(14)12-8/h2,4,7-9,11H,3,5-6H2,1H3,(H,12,14)/b4-2+/t8-,9+/m1/s1. The third kappa shape index (κ3) is 3.30. The summed E-state index contributed by atoms with van der Waals surface area (Å²) in [5, 5.41) is 5.65. The highest BCUT2D eigenvalue weighted by Crippen LogP contribution is 2.06. The van der Waals surface area contributed by atoms with Crippen LogP contribution in [0.5, 0.6) is 0 Å². The number of amides is 1. The number of aldehydes is 1. The molecule has 0 unspecified atom stereocenters. The fourth-order valence-electron chi connectivity index (χ4n) is 1.32. The molecular formula is C10H16N2O2.